The maximum atomic E-state index is 5.55. The molecule has 0 aromatic heterocycles. The molecular weight excluding hydrogens is 314 g/mol. The van der Waals surface area contributed by atoms with E-state index < -0.39 is 0 Å². The maximum absolute atomic E-state index is 5.55. The fraction of sp³-hybridized carbons (Fsp3) is 0.947. The molecule has 0 unspecified atom stereocenters. The van der Waals surface area contributed by atoms with E-state index in [9.17, 15) is 0 Å². The largest absolute Gasteiger partial charge is 0.381 e. The number of piperidine rings is 1. The summed E-state index contributed by atoms with van der Waals surface area (Å²) in [7, 11) is 6.19. The number of nitrogens with zero attached hydrogens (tertiary/aromatic N) is 3. The molecule has 0 atom stereocenters. The van der Waals surface area contributed by atoms with Gasteiger partial charge in [0.1, 0.15) is 0 Å². The number of rotatable bonds is 7. The second-order valence-corrected chi connectivity index (χ2v) is 7.96. The van der Waals surface area contributed by atoms with E-state index in [0.29, 0.717) is 0 Å². The molecule has 2 aliphatic rings. The smallest absolute Gasteiger partial charge is 0.191 e. The SMILES string of the molecule is CN=C(NCCCN1CCC(C)CC1)NCC1(N(C)C)CCOCC1. The van der Waals surface area contributed by atoms with Crippen molar-refractivity contribution < 1.29 is 4.74 Å². The number of likely N-dealkylation sites (tertiary alicyclic amines) is 1. The van der Waals surface area contributed by atoms with Crippen LogP contribution in [0.3, 0.4) is 0 Å². The second kappa shape index (κ2) is 10.3. The van der Waals surface area contributed by atoms with Gasteiger partial charge in [0.05, 0.1) is 0 Å². The van der Waals surface area contributed by atoms with Gasteiger partial charge in [-0.3, -0.25) is 4.99 Å². The predicted molar refractivity (Wildman–Crippen MR) is 105 cm³/mol. The van der Waals surface area contributed by atoms with E-state index in [1.807, 2.05) is 7.05 Å². The Morgan fingerprint density at radius 1 is 1.20 bits per heavy atom. The molecule has 2 rings (SSSR count). The van der Waals surface area contributed by atoms with Crippen molar-refractivity contribution in [3.8, 4) is 0 Å². The van der Waals surface area contributed by atoms with E-state index >= 15 is 0 Å². The van der Waals surface area contributed by atoms with Gasteiger partial charge in [0.25, 0.3) is 0 Å². The van der Waals surface area contributed by atoms with Crippen LogP contribution in [0.25, 0.3) is 0 Å². The van der Waals surface area contributed by atoms with Gasteiger partial charge in [-0.25, -0.2) is 0 Å². The highest BCUT2D eigenvalue weighted by Crippen LogP contribution is 2.25. The van der Waals surface area contributed by atoms with Crippen molar-refractivity contribution >= 4 is 5.96 Å². The molecule has 0 aromatic carbocycles. The van der Waals surface area contributed by atoms with E-state index in [0.717, 1.165) is 51.0 Å². The number of hydrogen-bond acceptors (Lipinski definition) is 4. The van der Waals surface area contributed by atoms with Crippen LogP contribution in [0.4, 0.5) is 0 Å². The Balaban J connectivity index is 1.66. The van der Waals surface area contributed by atoms with E-state index in [-0.39, 0.29) is 5.54 Å². The molecule has 2 aliphatic heterocycles. The summed E-state index contributed by atoms with van der Waals surface area (Å²) < 4.78 is 5.55. The Morgan fingerprint density at radius 2 is 1.88 bits per heavy atom. The lowest BCUT2D eigenvalue weighted by Gasteiger charge is -2.43. The van der Waals surface area contributed by atoms with Crippen molar-refractivity contribution in [2.45, 2.75) is 44.6 Å². The fourth-order valence-electron chi connectivity index (χ4n) is 3.80. The van der Waals surface area contributed by atoms with Crippen molar-refractivity contribution in [1.29, 1.82) is 0 Å². The Morgan fingerprint density at radius 3 is 2.48 bits per heavy atom. The van der Waals surface area contributed by atoms with Crippen LogP contribution in [-0.4, -0.2) is 88.4 Å². The van der Waals surface area contributed by atoms with Gasteiger partial charge < -0.3 is 25.2 Å². The number of nitrogens with one attached hydrogen (secondary N) is 2. The highest BCUT2D eigenvalue weighted by atomic mass is 16.5. The molecule has 0 amide bonds. The van der Waals surface area contributed by atoms with Gasteiger partial charge in [-0.15, -0.1) is 0 Å². The Hall–Kier alpha value is -0.850. The van der Waals surface area contributed by atoms with Gasteiger partial charge in [-0.05, 0) is 71.8 Å². The van der Waals surface area contributed by atoms with Crippen molar-refractivity contribution in [1.82, 2.24) is 20.4 Å². The molecule has 0 aliphatic carbocycles. The molecule has 0 aromatic rings. The lowest BCUT2D eigenvalue weighted by atomic mass is 9.88. The minimum atomic E-state index is 0.167. The molecule has 6 heteroatoms. The van der Waals surface area contributed by atoms with Crippen LogP contribution in [0, 0.1) is 5.92 Å². The van der Waals surface area contributed by atoms with Crippen molar-refractivity contribution in [2.75, 3.05) is 67.1 Å². The lowest BCUT2D eigenvalue weighted by Crippen LogP contribution is -2.57. The van der Waals surface area contributed by atoms with Crippen LogP contribution in [-0.2, 0) is 4.74 Å². The monoisotopic (exact) mass is 353 g/mol. The van der Waals surface area contributed by atoms with Crippen LogP contribution in [0.15, 0.2) is 4.99 Å². The molecule has 0 spiro atoms. The van der Waals surface area contributed by atoms with Crippen molar-refractivity contribution in [2.24, 2.45) is 10.9 Å². The standard InChI is InChI=1S/C19H39N5O/c1-17-6-12-24(13-7-17)11-5-10-21-18(20-2)22-16-19(23(3)4)8-14-25-15-9-19/h17H,5-16H2,1-4H3,(H2,20,21,22). The average Bonchev–Trinajstić information content (AvgIpc) is 2.63. The first-order valence-corrected chi connectivity index (χ1v) is 9.98. The molecule has 2 heterocycles. The first-order chi connectivity index (χ1) is 12.1. The van der Waals surface area contributed by atoms with E-state index in [2.05, 4.69) is 46.4 Å². The van der Waals surface area contributed by atoms with Gasteiger partial charge in [-0.1, -0.05) is 6.92 Å². The number of guanidine groups is 1. The first kappa shape index (κ1) is 20.5. The quantitative estimate of drug-likeness (QED) is 0.411. The number of likely N-dealkylation sites (N-methyl/N-ethyl adjacent to an activating group) is 1. The summed E-state index contributed by atoms with van der Waals surface area (Å²) in [6, 6.07) is 0. The van der Waals surface area contributed by atoms with Crippen LogP contribution < -0.4 is 10.6 Å². The minimum Gasteiger partial charge on any atom is -0.381 e. The maximum Gasteiger partial charge on any atom is 0.191 e. The zero-order valence-electron chi connectivity index (χ0n) is 16.8. The highest BCUT2D eigenvalue weighted by Gasteiger charge is 2.34. The van der Waals surface area contributed by atoms with Crippen molar-refractivity contribution in [3.05, 3.63) is 0 Å². The van der Waals surface area contributed by atoms with Gasteiger partial charge in [0.15, 0.2) is 5.96 Å². The Kier molecular flexibility index (Phi) is 8.46. The van der Waals surface area contributed by atoms with Crippen LogP contribution in [0.5, 0.6) is 0 Å². The van der Waals surface area contributed by atoms with Gasteiger partial charge in [-0.2, -0.15) is 0 Å². The van der Waals surface area contributed by atoms with Gasteiger partial charge >= 0.3 is 0 Å². The van der Waals surface area contributed by atoms with E-state index in [1.165, 1.54) is 38.9 Å². The second-order valence-electron chi connectivity index (χ2n) is 7.96. The molecular formula is C19H39N5O. The molecule has 0 saturated carbocycles. The molecule has 146 valence electrons. The summed E-state index contributed by atoms with van der Waals surface area (Å²) in [6.45, 7) is 9.67. The highest BCUT2D eigenvalue weighted by molar-refractivity contribution is 5.79. The molecule has 25 heavy (non-hydrogen) atoms. The van der Waals surface area contributed by atoms with Crippen LogP contribution in [0.2, 0.25) is 0 Å². The molecule has 2 saturated heterocycles. The molecule has 2 fully saturated rings. The molecule has 0 bridgehead atoms. The van der Waals surface area contributed by atoms with Gasteiger partial charge in [0, 0.05) is 38.9 Å². The number of aliphatic imine (C=N–C) groups is 1. The third-order valence-electron chi connectivity index (χ3n) is 6.00. The third-order valence-corrected chi connectivity index (χ3v) is 6.00. The summed E-state index contributed by atoms with van der Waals surface area (Å²) in [5.41, 5.74) is 0.167. The summed E-state index contributed by atoms with van der Waals surface area (Å²) in [4.78, 5) is 9.33. The first-order valence-electron chi connectivity index (χ1n) is 9.98. The Labute approximate surface area is 154 Å². The third kappa shape index (κ3) is 6.42. The van der Waals surface area contributed by atoms with E-state index in [1.54, 1.807) is 0 Å². The van der Waals surface area contributed by atoms with Crippen LogP contribution >= 0.6 is 0 Å². The summed E-state index contributed by atoms with van der Waals surface area (Å²) >= 11 is 0. The molecule has 2 N–H and O–H groups in total. The molecule has 0 radical (unpaired) electrons. The van der Waals surface area contributed by atoms with Gasteiger partial charge in [0.2, 0.25) is 0 Å². The van der Waals surface area contributed by atoms with Crippen molar-refractivity contribution in [3.63, 3.8) is 0 Å². The number of hydrogen-bond donors (Lipinski definition) is 2. The fourth-order valence-corrected chi connectivity index (χ4v) is 3.80. The summed E-state index contributed by atoms with van der Waals surface area (Å²) in [5.74, 6) is 1.83. The minimum absolute atomic E-state index is 0.167. The lowest BCUT2D eigenvalue weighted by molar-refractivity contribution is -0.00501. The molecule has 6 nitrogen and oxygen atoms in total. The average molecular weight is 354 g/mol. The summed E-state index contributed by atoms with van der Waals surface area (Å²) in [5, 5.41) is 7.01. The zero-order chi connectivity index (χ0) is 18.1. The normalized spacial score (nSPS) is 23.0. The number of ether oxygens (including phenoxy) is 1. The van der Waals surface area contributed by atoms with Crippen LogP contribution in [0.1, 0.15) is 39.0 Å². The summed E-state index contributed by atoms with van der Waals surface area (Å²) in [6.07, 6.45) is 6.01. The topological polar surface area (TPSA) is 52.1 Å². The Bertz CT molecular complexity index is 399. The zero-order valence-corrected chi connectivity index (χ0v) is 16.8. The predicted octanol–water partition coefficient (Wildman–Crippen LogP) is 1.38. The van der Waals surface area contributed by atoms with E-state index in [4.69, 9.17) is 4.74 Å².